The number of carbonyl (C=O) groups is 1. The van der Waals surface area contributed by atoms with E-state index in [0.29, 0.717) is 23.8 Å². The van der Waals surface area contributed by atoms with Crippen LogP contribution in [0.5, 0.6) is 11.5 Å². The molecule has 36 heavy (non-hydrogen) atoms. The van der Waals surface area contributed by atoms with E-state index in [-0.39, 0.29) is 23.4 Å². The van der Waals surface area contributed by atoms with Gasteiger partial charge in [-0.3, -0.25) is 9.10 Å². The first-order valence-electron chi connectivity index (χ1n) is 12.0. The molecule has 0 saturated carbocycles. The number of carbonyl (C=O) groups excluding carboxylic acids is 1. The summed E-state index contributed by atoms with van der Waals surface area (Å²) in [6.45, 7) is 5.95. The second-order valence-electron chi connectivity index (χ2n) is 9.39. The molecule has 1 aliphatic heterocycles. The highest BCUT2D eigenvalue weighted by molar-refractivity contribution is 7.92. The number of ether oxygens (including phenoxy) is 2. The molecule has 1 N–H and O–H groups in total. The van der Waals surface area contributed by atoms with Crippen LogP contribution in [-0.4, -0.2) is 34.1 Å². The zero-order valence-electron chi connectivity index (χ0n) is 21.0. The van der Waals surface area contributed by atoms with Crippen molar-refractivity contribution in [2.24, 2.45) is 5.92 Å². The van der Waals surface area contributed by atoms with Gasteiger partial charge < -0.3 is 14.8 Å². The summed E-state index contributed by atoms with van der Waals surface area (Å²) in [6, 6.07) is 20.9. The van der Waals surface area contributed by atoms with Crippen LogP contribution in [0.25, 0.3) is 0 Å². The molecule has 0 spiro atoms. The van der Waals surface area contributed by atoms with E-state index in [2.05, 4.69) is 19.2 Å². The molecular formula is C28H32N2O5S. The van der Waals surface area contributed by atoms with E-state index < -0.39 is 16.1 Å². The van der Waals surface area contributed by atoms with E-state index in [1.165, 1.54) is 4.31 Å². The van der Waals surface area contributed by atoms with Crippen LogP contribution in [0, 0.1) is 12.8 Å². The van der Waals surface area contributed by atoms with E-state index >= 15 is 0 Å². The lowest BCUT2D eigenvalue weighted by Gasteiger charge is -2.35. The predicted molar refractivity (Wildman–Crippen MR) is 140 cm³/mol. The van der Waals surface area contributed by atoms with Crippen LogP contribution < -0.4 is 19.1 Å². The number of para-hydroxylation sites is 2. The molecule has 4 rings (SSSR count). The summed E-state index contributed by atoms with van der Waals surface area (Å²) in [6.07, 6.45) is -0.291. The summed E-state index contributed by atoms with van der Waals surface area (Å²) < 4.78 is 39.8. The third kappa shape index (κ3) is 5.49. The standard InChI is InChI=1S/C28H32N2O5S/c1-19(2)17-24(21-11-13-22(34-4)14-12-21)29-28(31)27-18-30(25-7-5-6-8-26(25)35-27)36(32,33)23-15-9-20(3)10-16-23/h5-16,19,24,27H,17-18H2,1-4H3,(H,29,31). The van der Waals surface area contributed by atoms with Gasteiger partial charge in [0, 0.05) is 0 Å². The molecule has 2 atom stereocenters. The minimum atomic E-state index is -3.91. The Labute approximate surface area is 213 Å². The van der Waals surface area contributed by atoms with Crippen LogP contribution >= 0.6 is 0 Å². The minimum Gasteiger partial charge on any atom is -0.497 e. The molecule has 0 fully saturated rings. The Balaban J connectivity index is 1.62. The highest BCUT2D eigenvalue weighted by Gasteiger charge is 2.38. The molecule has 3 aromatic rings. The number of hydrogen-bond acceptors (Lipinski definition) is 5. The Hall–Kier alpha value is -3.52. The number of fused-ring (bicyclic) bond motifs is 1. The Kier molecular flexibility index (Phi) is 7.54. The monoisotopic (exact) mass is 508 g/mol. The molecular weight excluding hydrogens is 476 g/mol. The molecule has 0 saturated heterocycles. The van der Waals surface area contributed by atoms with Crippen molar-refractivity contribution in [2.75, 3.05) is 18.0 Å². The molecule has 0 bridgehead atoms. The van der Waals surface area contributed by atoms with Crippen LogP contribution in [0.15, 0.2) is 77.7 Å². The molecule has 2 unspecified atom stereocenters. The molecule has 0 aliphatic carbocycles. The number of nitrogens with one attached hydrogen (secondary N) is 1. The van der Waals surface area contributed by atoms with Gasteiger partial charge in [-0.2, -0.15) is 0 Å². The minimum absolute atomic E-state index is 0.129. The fourth-order valence-electron chi connectivity index (χ4n) is 4.25. The second-order valence-corrected chi connectivity index (χ2v) is 11.2. The van der Waals surface area contributed by atoms with E-state index in [1.807, 2.05) is 31.2 Å². The number of amides is 1. The lowest BCUT2D eigenvalue weighted by molar-refractivity contribution is -0.128. The number of nitrogens with zero attached hydrogens (tertiary/aromatic N) is 1. The summed E-state index contributed by atoms with van der Waals surface area (Å²) in [7, 11) is -2.30. The number of methoxy groups -OCH3 is 1. The number of anilines is 1. The smallest absolute Gasteiger partial charge is 0.264 e. The lowest BCUT2D eigenvalue weighted by atomic mass is 9.96. The van der Waals surface area contributed by atoms with Crippen molar-refractivity contribution in [1.82, 2.24) is 5.32 Å². The summed E-state index contributed by atoms with van der Waals surface area (Å²) in [5.41, 5.74) is 2.32. The zero-order valence-corrected chi connectivity index (χ0v) is 21.8. The predicted octanol–water partition coefficient (Wildman–Crippen LogP) is 4.86. The largest absolute Gasteiger partial charge is 0.497 e. The fourth-order valence-corrected chi connectivity index (χ4v) is 5.73. The van der Waals surface area contributed by atoms with E-state index in [1.54, 1.807) is 55.6 Å². The third-order valence-corrected chi connectivity index (χ3v) is 7.97. The van der Waals surface area contributed by atoms with Gasteiger partial charge in [-0.05, 0) is 61.2 Å². The topological polar surface area (TPSA) is 84.9 Å². The highest BCUT2D eigenvalue weighted by atomic mass is 32.2. The van der Waals surface area contributed by atoms with Crippen molar-refractivity contribution in [3.63, 3.8) is 0 Å². The maximum Gasteiger partial charge on any atom is 0.264 e. The quantitative estimate of drug-likeness (QED) is 0.470. The molecule has 0 aromatic heterocycles. The van der Waals surface area contributed by atoms with Gasteiger partial charge in [0.25, 0.3) is 15.9 Å². The number of sulfonamides is 1. The Morgan fingerprint density at radius 3 is 2.36 bits per heavy atom. The van der Waals surface area contributed by atoms with Gasteiger partial charge in [0.15, 0.2) is 6.10 Å². The zero-order chi connectivity index (χ0) is 25.9. The van der Waals surface area contributed by atoms with Crippen LogP contribution in [-0.2, 0) is 14.8 Å². The maximum atomic E-state index is 13.6. The van der Waals surface area contributed by atoms with Crippen LogP contribution in [0.1, 0.15) is 37.4 Å². The van der Waals surface area contributed by atoms with E-state index in [0.717, 1.165) is 16.9 Å². The number of aryl methyl sites for hydroxylation is 1. The van der Waals surface area contributed by atoms with Crippen LogP contribution in [0.2, 0.25) is 0 Å². The Bertz CT molecular complexity index is 1300. The first kappa shape index (κ1) is 25.6. The first-order chi connectivity index (χ1) is 17.2. The van der Waals surface area contributed by atoms with Crippen LogP contribution in [0.3, 0.4) is 0 Å². The van der Waals surface area contributed by atoms with E-state index in [4.69, 9.17) is 9.47 Å². The number of benzene rings is 3. The van der Waals surface area contributed by atoms with Gasteiger partial charge in [0.1, 0.15) is 11.5 Å². The summed E-state index contributed by atoms with van der Waals surface area (Å²) in [4.78, 5) is 13.6. The molecule has 1 aliphatic rings. The van der Waals surface area contributed by atoms with Crippen molar-refractivity contribution < 1.29 is 22.7 Å². The van der Waals surface area contributed by atoms with Crippen molar-refractivity contribution in [3.8, 4) is 11.5 Å². The van der Waals surface area contributed by atoms with E-state index in [9.17, 15) is 13.2 Å². The molecule has 7 nitrogen and oxygen atoms in total. The average Bonchev–Trinajstić information content (AvgIpc) is 2.87. The molecule has 0 radical (unpaired) electrons. The maximum absolute atomic E-state index is 13.6. The highest BCUT2D eigenvalue weighted by Crippen LogP contribution is 2.37. The Morgan fingerprint density at radius 1 is 1.06 bits per heavy atom. The van der Waals surface area contributed by atoms with Crippen LogP contribution in [0.4, 0.5) is 5.69 Å². The first-order valence-corrected chi connectivity index (χ1v) is 13.4. The molecule has 1 amide bonds. The van der Waals surface area contributed by atoms with Crippen molar-refractivity contribution >= 4 is 21.6 Å². The SMILES string of the molecule is COc1ccc(C(CC(C)C)NC(=O)C2CN(S(=O)(=O)c3ccc(C)cc3)c3ccccc3O2)cc1. The molecule has 1 heterocycles. The summed E-state index contributed by atoms with van der Waals surface area (Å²) in [5, 5.41) is 3.10. The average molecular weight is 509 g/mol. The second kappa shape index (κ2) is 10.6. The van der Waals surface area contributed by atoms with Gasteiger partial charge >= 0.3 is 0 Å². The van der Waals surface area contributed by atoms with Gasteiger partial charge in [-0.15, -0.1) is 0 Å². The Morgan fingerprint density at radius 2 is 1.72 bits per heavy atom. The fraction of sp³-hybridized carbons (Fsp3) is 0.321. The summed E-state index contributed by atoms with van der Waals surface area (Å²) in [5.74, 6) is 1.04. The normalized spacial score (nSPS) is 16.1. The molecule has 190 valence electrons. The van der Waals surface area contributed by atoms with Crippen molar-refractivity contribution in [1.29, 1.82) is 0 Å². The van der Waals surface area contributed by atoms with Gasteiger partial charge in [0.05, 0.1) is 30.3 Å². The van der Waals surface area contributed by atoms with Gasteiger partial charge in [0.2, 0.25) is 0 Å². The number of hydrogen-bond donors (Lipinski definition) is 1. The van der Waals surface area contributed by atoms with Crippen molar-refractivity contribution in [3.05, 3.63) is 83.9 Å². The third-order valence-electron chi connectivity index (χ3n) is 6.18. The van der Waals surface area contributed by atoms with Gasteiger partial charge in [-0.1, -0.05) is 55.8 Å². The van der Waals surface area contributed by atoms with Crippen molar-refractivity contribution in [2.45, 2.75) is 44.2 Å². The summed E-state index contributed by atoms with van der Waals surface area (Å²) >= 11 is 0. The number of rotatable bonds is 8. The van der Waals surface area contributed by atoms with Gasteiger partial charge in [-0.25, -0.2) is 8.42 Å². The molecule has 3 aromatic carbocycles. The molecule has 8 heteroatoms. The lowest BCUT2D eigenvalue weighted by Crippen LogP contribution is -2.51.